The molecule has 36 heavy (non-hydrogen) atoms. The van der Waals surface area contributed by atoms with Gasteiger partial charge >= 0.3 is 0 Å². The molecule has 0 amide bonds. The lowest BCUT2D eigenvalue weighted by atomic mass is 9.97. The van der Waals surface area contributed by atoms with Crippen LogP contribution in [0.4, 0.5) is 8.78 Å². The molecule has 1 aliphatic heterocycles. The van der Waals surface area contributed by atoms with E-state index >= 15 is 0 Å². The van der Waals surface area contributed by atoms with Gasteiger partial charge in [0, 0.05) is 41.8 Å². The average molecular weight is 509 g/mol. The number of fused-ring (bicyclic) bond motifs is 1. The zero-order valence-corrected chi connectivity index (χ0v) is 20.9. The van der Waals surface area contributed by atoms with Crippen LogP contribution < -0.4 is 4.74 Å². The SMILES string of the molecule is COc1ccc(Cn2c(C)c(C3=CCN(S(=O)(=O)c4cc(F)ccc4F)CC3)c3ccccc32)cc1. The van der Waals surface area contributed by atoms with Crippen LogP contribution in [0.2, 0.25) is 0 Å². The number of methoxy groups -OCH3 is 1. The molecule has 1 aliphatic rings. The van der Waals surface area contributed by atoms with Crippen LogP contribution in [0.15, 0.2) is 77.7 Å². The fourth-order valence-corrected chi connectivity index (χ4v) is 6.32. The molecule has 4 aromatic rings. The smallest absolute Gasteiger partial charge is 0.246 e. The van der Waals surface area contributed by atoms with Gasteiger partial charge < -0.3 is 9.30 Å². The van der Waals surface area contributed by atoms with Crippen molar-refractivity contribution < 1.29 is 21.9 Å². The lowest BCUT2D eigenvalue weighted by molar-refractivity contribution is 0.414. The van der Waals surface area contributed by atoms with E-state index in [4.69, 9.17) is 4.74 Å². The Balaban J connectivity index is 1.48. The third kappa shape index (κ3) is 4.31. The van der Waals surface area contributed by atoms with Gasteiger partial charge in [0.15, 0.2) is 0 Å². The molecule has 0 atom stereocenters. The maximum absolute atomic E-state index is 14.2. The summed E-state index contributed by atoms with van der Waals surface area (Å²) in [6.07, 6.45) is 2.35. The highest BCUT2D eigenvalue weighted by Crippen LogP contribution is 2.36. The van der Waals surface area contributed by atoms with Crippen molar-refractivity contribution in [3.05, 3.63) is 101 Å². The molecule has 0 saturated heterocycles. The van der Waals surface area contributed by atoms with E-state index in [1.807, 2.05) is 42.5 Å². The summed E-state index contributed by atoms with van der Waals surface area (Å²) in [6.45, 7) is 3.03. The molecule has 3 aromatic carbocycles. The van der Waals surface area contributed by atoms with Crippen LogP contribution >= 0.6 is 0 Å². The first kappa shape index (κ1) is 24.2. The molecule has 186 valence electrons. The predicted octanol–water partition coefficient (Wildman–Crippen LogP) is 5.76. The molecule has 5 rings (SSSR count). The van der Waals surface area contributed by atoms with E-state index in [1.165, 1.54) is 4.31 Å². The number of ether oxygens (including phenoxy) is 1. The van der Waals surface area contributed by atoms with Gasteiger partial charge in [-0.2, -0.15) is 4.31 Å². The van der Waals surface area contributed by atoms with E-state index in [0.29, 0.717) is 13.0 Å². The topological polar surface area (TPSA) is 51.5 Å². The minimum Gasteiger partial charge on any atom is -0.497 e. The number of aromatic nitrogens is 1. The van der Waals surface area contributed by atoms with Gasteiger partial charge in [-0.15, -0.1) is 0 Å². The van der Waals surface area contributed by atoms with E-state index in [1.54, 1.807) is 7.11 Å². The number of sulfonamides is 1. The van der Waals surface area contributed by atoms with Gasteiger partial charge in [-0.25, -0.2) is 17.2 Å². The van der Waals surface area contributed by atoms with Crippen molar-refractivity contribution in [1.82, 2.24) is 8.87 Å². The summed E-state index contributed by atoms with van der Waals surface area (Å²) in [6, 6.07) is 18.6. The highest BCUT2D eigenvalue weighted by atomic mass is 32.2. The highest BCUT2D eigenvalue weighted by Gasteiger charge is 2.30. The molecule has 0 N–H and O–H groups in total. The Hall–Kier alpha value is -3.49. The molecule has 0 aliphatic carbocycles. The van der Waals surface area contributed by atoms with Crippen LogP contribution in [0, 0.1) is 18.6 Å². The second kappa shape index (κ2) is 9.52. The van der Waals surface area contributed by atoms with Gasteiger partial charge in [0.1, 0.15) is 22.3 Å². The molecule has 8 heteroatoms. The molecule has 0 saturated carbocycles. The van der Waals surface area contributed by atoms with Crippen molar-refractivity contribution in [2.75, 3.05) is 20.2 Å². The Morgan fingerprint density at radius 2 is 1.75 bits per heavy atom. The molecule has 5 nitrogen and oxygen atoms in total. The van der Waals surface area contributed by atoms with Crippen molar-refractivity contribution in [3.63, 3.8) is 0 Å². The minimum absolute atomic E-state index is 0.0883. The zero-order chi connectivity index (χ0) is 25.4. The summed E-state index contributed by atoms with van der Waals surface area (Å²) in [7, 11) is -2.51. The predicted molar refractivity (Wildman–Crippen MR) is 136 cm³/mol. The first-order valence-corrected chi connectivity index (χ1v) is 13.1. The summed E-state index contributed by atoms with van der Waals surface area (Å²) in [5, 5.41) is 1.10. The quantitative estimate of drug-likeness (QED) is 0.333. The highest BCUT2D eigenvalue weighted by molar-refractivity contribution is 7.89. The molecule has 0 radical (unpaired) electrons. The van der Waals surface area contributed by atoms with Crippen LogP contribution in [0.3, 0.4) is 0 Å². The summed E-state index contributed by atoms with van der Waals surface area (Å²) < 4.78 is 62.6. The fraction of sp³-hybridized carbons (Fsp3) is 0.214. The number of nitrogens with zero attached hydrogens (tertiary/aromatic N) is 2. The Kier molecular flexibility index (Phi) is 6.40. The summed E-state index contributed by atoms with van der Waals surface area (Å²) >= 11 is 0. The molecule has 0 fully saturated rings. The van der Waals surface area contributed by atoms with Gasteiger partial charge in [-0.3, -0.25) is 0 Å². The summed E-state index contributed by atoms with van der Waals surface area (Å²) in [5.74, 6) is -0.939. The number of para-hydroxylation sites is 1. The average Bonchev–Trinajstić information content (AvgIpc) is 3.17. The van der Waals surface area contributed by atoms with Gasteiger partial charge in [0.25, 0.3) is 0 Å². The lowest BCUT2D eigenvalue weighted by Crippen LogP contribution is -2.35. The molecule has 1 aromatic heterocycles. The lowest BCUT2D eigenvalue weighted by Gasteiger charge is -2.26. The van der Waals surface area contributed by atoms with Crippen molar-refractivity contribution in [2.24, 2.45) is 0 Å². The normalized spacial score (nSPS) is 14.7. The first-order valence-electron chi connectivity index (χ1n) is 11.6. The maximum Gasteiger partial charge on any atom is 0.246 e. The van der Waals surface area contributed by atoms with Crippen molar-refractivity contribution in [1.29, 1.82) is 0 Å². The van der Waals surface area contributed by atoms with Crippen LogP contribution in [0.1, 0.15) is 23.2 Å². The van der Waals surface area contributed by atoms with E-state index in [-0.39, 0.29) is 13.1 Å². The number of hydrogen-bond acceptors (Lipinski definition) is 3. The maximum atomic E-state index is 14.2. The zero-order valence-electron chi connectivity index (χ0n) is 20.0. The van der Waals surface area contributed by atoms with E-state index in [9.17, 15) is 17.2 Å². The Labute approximate surface area is 209 Å². The second-order valence-corrected chi connectivity index (χ2v) is 10.7. The molecule has 0 spiro atoms. The van der Waals surface area contributed by atoms with Crippen molar-refractivity contribution >= 4 is 26.5 Å². The van der Waals surface area contributed by atoms with Crippen molar-refractivity contribution in [2.45, 2.75) is 24.8 Å². The fourth-order valence-electron chi connectivity index (χ4n) is 4.86. The van der Waals surface area contributed by atoms with Crippen LogP contribution in [0.25, 0.3) is 16.5 Å². The van der Waals surface area contributed by atoms with Gasteiger partial charge in [-0.05, 0) is 60.9 Å². The van der Waals surface area contributed by atoms with E-state index < -0.39 is 26.6 Å². The van der Waals surface area contributed by atoms with Crippen LogP contribution in [-0.4, -0.2) is 37.5 Å². The standard InChI is InChI=1S/C28H26F2N2O3S/c1-19-28(21-13-15-31(16-14-21)36(33,34)27-17-22(29)9-12-25(27)30)24-5-3-4-6-26(24)32(19)18-20-7-10-23(35-2)11-8-20/h3-13,17H,14-16,18H2,1-2H3. The second-order valence-electron chi connectivity index (χ2n) is 8.83. The number of benzene rings is 3. The number of halogens is 2. The van der Waals surface area contributed by atoms with Crippen LogP contribution in [-0.2, 0) is 16.6 Å². The van der Waals surface area contributed by atoms with Gasteiger partial charge in [0.2, 0.25) is 10.0 Å². The van der Waals surface area contributed by atoms with Gasteiger partial charge in [-0.1, -0.05) is 36.4 Å². The summed E-state index contributed by atoms with van der Waals surface area (Å²) in [4.78, 5) is -0.633. The Morgan fingerprint density at radius 3 is 2.44 bits per heavy atom. The van der Waals surface area contributed by atoms with Crippen LogP contribution in [0.5, 0.6) is 5.75 Å². The largest absolute Gasteiger partial charge is 0.497 e. The minimum atomic E-state index is -4.16. The number of rotatable bonds is 6. The Bertz CT molecular complexity index is 1570. The first-order chi connectivity index (χ1) is 17.3. The molecular formula is C28H26F2N2O3S. The van der Waals surface area contributed by atoms with Crippen molar-refractivity contribution in [3.8, 4) is 5.75 Å². The van der Waals surface area contributed by atoms with E-state index in [0.717, 1.165) is 57.2 Å². The molecule has 0 bridgehead atoms. The monoisotopic (exact) mass is 508 g/mol. The summed E-state index contributed by atoms with van der Waals surface area (Å²) in [5.41, 5.74) is 5.46. The third-order valence-electron chi connectivity index (χ3n) is 6.73. The number of hydrogen-bond donors (Lipinski definition) is 0. The molecule has 2 heterocycles. The third-order valence-corrected chi connectivity index (χ3v) is 8.61. The molecular weight excluding hydrogens is 482 g/mol. The van der Waals surface area contributed by atoms with Gasteiger partial charge in [0.05, 0.1) is 7.11 Å². The van der Waals surface area contributed by atoms with E-state index in [2.05, 4.69) is 23.6 Å². The Morgan fingerprint density at radius 1 is 1.00 bits per heavy atom. The molecule has 0 unspecified atom stereocenters.